The quantitative estimate of drug-likeness (QED) is 0.844. The van der Waals surface area contributed by atoms with Crippen molar-refractivity contribution < 1.29 is 14.6 Å². The summed E-state index contributed by atoms with van der Waals surface area (Å²) in [4.78, 5) is 14.1. The van der Waals surface area contributed by atoms with Crippen LogP contribution in [0.4, 0.5) is 0 Å². The number of alkyl halides is 1. The smallest absolute Gasteiger partial charge is 0.254 e. The SMILES string of the molecule is O=C(c1ccc(O)c(Cl)c1)N1CCOCC1CBr. The van der Waals surface area contributed by atoms with Crippen molar-refractivity contribution in [3.63, 3.8) is 0 Å². The standard InChI is InChI=1S/C12H13BrClNO3/c13-6-9-7-18-4-3-15(9)12(17)8-1-2-11(16)10(14)5-8/h1-2,5,9,16H,3-4,6-7H2. The van der Waals surface area contributed by atoms with Gasteiger partial charge in [0.15, 0.2) is 0 Å². The number of carbonyl (C=O) groups excluding carboxylic acids is 1. The minimum absolute atomic E-state index is 0.0211. The van der Waals surface area contributed by atoms with Crippen molar-refractivity contribution in [2.75, 3.05) is 25.1 Å². The van der Waals surface area contributed by atoms with Crippen LogP contribution in [-0.2, 0) is 4.74 Å². The number of benzene rings is 1. The number of hydrogen-bond acceptors (Lipinski definition) is 3. The van der Waals surface area contributed by atoms with Crippen LogP contribution in [0, 0.1) is 0 Å². The van der Waals surface area contributed by atoms with Crippen molar-refractivity contribution in [1.82, 2.24) is 4.90 Å². The number of nitrogens with zero attached hydrogens (tertiary/aromatic N) is 1. The van der Waals surface area contributed by atoms with E-state index in [-0.39, 0.29) is 22.7 Å². The van der Waals surface area contributed by atoms with E-state index >= 15 is 0 Å². The lowest BCUT2D eigenvalue weighted by atomic mass is 10.1. The number of carbonyl (C=O) groups is 1. The number of aromatic hydroxyl groups is 1. The molecule has 1 aliphatic rings. The van der Waals surface area contributed by atoms with Crippen molar-refractivity contribution >= 4 is 33.4 Å². The van der Waals surface area contributed by atoms with E-state index in [9.17, 15) is 9.90 Å². The Morgan fingerprint density at radius 3 is 3.06 bits per heavy atom. The Balaban J connectivity index is 2.21. The summed E-state index contributed by atoms with van der Waals surface area (Å²) >= 11 is 9.19. The number of phenolic OH excluding ortho intramolecular Hbond substituents is 1. The number of halogens is 2. The van der Waals surface area contributed by atoms with Gasteiger partial charge >= 0.3 is 0 Å². The Kier molecular flexibility index (Phi) is 4.48. The largest absolute Gasteiger partial charge is 0.506 e. The van der Waals surface area contributed by atoms with E-state index in [4.69, 9.17) is 16.3 Å². The molecule has 0 spiro atoms. The van der Waals surface area contributed by atoms with Gasteiger partial charge in [0.05, 0.1) is 24.3 Å². The van der Waals surface area contributed by atoms with Gasteiger partial charge in [0.25, 0.3) is 5.91 Å². The molecular formula is C12H13BrClNO3. The van der Waals surface area contributed by atoms with Gasteiger partial charge in [-0.3, -0.25) is 4.79 Å². The first-order chi connectivity index (χ1) is 8.63. The Morgan fingerprint density at radius 2 is 2.39 bits per heavy atom. The molecule has 1 saturated heterocycles. The molecule has 0 radical (unpaired) electrons. The highest BCUT2D eigenvalue weighted by molar-refractivity contribution is 9.09. The molecule has 1 atom stereocenters. The second-order valence-corrected chi connectivity index (χ2v) is 5.10. The van der Waals surface area contributed by atoms with Gasteiger partial charge in [0.2, 0.25) is 0 Å². The lowest BCUT2D eigenvalue weighted by molar-refractivity contribution is 0.00525. The topological polar surface area (TPSA) is 49.8 Å². The molecule has 0 saturated carbocycles. The zero-order valence-corrected chi connectivity index (χ0v) is 11.9. The van der Waals surface area contributed by atoms with E-state index in [1.54, 1.807) is 11.0 Å². The van der Waals surface area contributed by atoms with Crippen molar-refractivity contribution in [2.24, 2.45) is 0 Å². The third-order valence-corrected chi connectivity index (χ3v) is 3.91. The van der Waals surface area contributed by atoms with Gasteiger partial charge in [-0.2, -0.15) is 0 Å². The van der Waals surface area contributed by atoms with Gasteiger partial charge in [0, 0.05) is 17.4 Å². The lowest BCUT2D eigenvalue weighted by Gasteiger charge is -2.34. The molecule has 0 aromatic heterocycles. The molecule has 1 heterocycles. The molecule has 1 fully saturated rings. The lowest BCUT2D eigenvalue weighted by Crippen LogP contribution is -2.49. The molecular weight excluding hydrogens is 321 g/mol. The molecule has 1 unspecified atom stereocenters. The molecule has 1 amide bonds. The van der Waals surface area contributed by atoms with E-state index < -0.39 is 0 Å². The maximum absolute atomic E-state index is 12.3. The number of rotatable bonds is 2. The predicted molar refractivity (Wildman–Crippen MR) is 72.6 cm³/mol. The van der Waals surface area contributed by atoms with Crippen LogP contribution in [0.5, 0.6) is 5.75 Å². The summed E-state index contributed by atoms with van der Waals surface area (Å²) in [6, 6.07) is 4.52. The van der Waals surface area contributed by atoms with Gasteiger partial charge in [-0.15, -0.1) is 0 Å². The molecule has 1 N–H and O–H groups in total. The van der Waals surface area contributed by atoms with Gasteiger partial charge < -0.3 is 14.7 Å². The van der Waals surface area contributed by atoms with Gasteiger partial charge in [-0.1, -0.05) is 27.5 Å². The minimum atomic E-state index is -0.0929. The molecule has 6 heteroatoms. The summed E-state index contributed by atoms with van der Waals surface area (Å²) in [5.41, 5.74) is 0.477. The average Bonchev–Trinajstić information content (AvgIpc) is 2.41. The van der Waals surface area contributed by atoms with Crippen LogP contribution < -0.4 is 0 Å². The Hall–Kier alpha value is -0.780. The molecule has 98 valence electrons. The second kappa shape index (κ2) is 5.91. The Morgan fingerprint density at radius 1 is 1.61 bits per heavy atom. The molecule has 1 aliphatic heterocycles. The number of morpholine rings is 1. The zero-order valence-electron chi connectivity index (χ0n) is 9.60. The van der Waals surface area contributed by atoms with Gasteiger partial charge in [-0.25, -0.2) is 0 Å². The Bertz CT molecular complexity index is 455. The Labute approximate surface area is 119 Å². The number of phenols is 1. The fraction of sp³-hybridized carbons (Fsp3) is 0.417. The van der Waals surface area contributed by atoms with Crippen LogP contribution in [-0.4, -0.2) is 47.0 Å². The van der Waals surface area contributed by atoms with Gasteiger partial charge in [-0.05, 0) is 18.2 Å². The highest BCUT2D eigenvalue weighted by Crippen LogP contribution is 2.25. The highest BCUT2D eigenvalue weighted by Gasteiger charge is 2.27. The molecule has 1 aromatic rings. The van der Waals surface area contributed by atoms with Crippen LogP contribution in [0.3, 0.4) is 0 Å². The summed E-state index contributed by atoms with van der Waals surface area (Å²) in [7, 11) is 0. The van der Waals surface area contributed by atoms with E-state index in [1.807, 2.05) is 0 Å². The van der Waals surface area contributed by atoms with Crippen LogP contribution in [0.1, 0.15) is 10.4 Å². The first kappa shape index (κ1) is 13.6. The average molecular weight is 335 g/mol. The van der Waals surface area contributed by atoms with Crippen LogP contribution in [0.25, 0.3) is 0 Å². The second-order valence-electron chi connectivity index (χ2n) is 4.05. The van der Waals surface area contributed by atoms with E-state index in [0.29, 0.717) is 30.7 Å². The third kappa shape index (κ3) is 2.79. The van der Waals surface area contributed by atoms with E-state index in [1.165, 1.54) is 12.1 Å². The number of ether oxygens (including phenoxy) is 1. The number of hydrogen-bond donors (Lipinski definition) is 1. The maximum atomic E-state index is 12.3. The summed E-state index contributed by atoms with van der Waals surface area (Å²) in [5.74, 6) is -0.114. The van der Waals surface area contributed by atoms with Crippen LogP contribution >= 0.6 is 27.5 Å². The molecule has 1 aromatic carbocycles. The maximum Gasteiger partial charge on any atom is 0.254 e. The fourth-order valence-electron chi connectivity index (χ4n) is 1.86. The molecule has 18 heavy (non-hydrogen) atoms. The predicted octanol–water partition coefficient (Wildman–Crippen LogP) is 2.28. The van der Waals surface area contributed by atoms with Crippen molar-refractivity contribution in [2.45, 2.75) is 6.04 Å². The van der Waals surface area contributed by atoms with Crippen LogP contribution in [0.2, 0.25) is 5.02 Å². The third-order valence-electron chi connectivity index (χ3n) is 2.86. The molecule has 0 aliphatic carbocycles. The summed E-state index contributed by atoms with van der Waals surface area (Å²) in [6.45, 7) is 1.64. The number of amides is 1. The van der Waals surface area contributed by atoms with Gasteiger partial charge in [0.1, 0.15) is 5.75 Å². The summed E-state index contributed by atoms with van der Waals surface area (Å²) in [5, 5.41) is 10.2. The van der Waals surface area contributed by atoms with Crippen molar-refractivity contribution in [1.29, 1.82) is 0 Å². The molecule has 2 rings (SSSR count). The molecule has 4 nitrogen and oxygen atoms in total. The summed E-state index contributed by atoms with van der Waals surface area (Å²) < 4.78 is 5.34. The summed E-state index contributed by atoms with van der Waals surface area (Å²) in [6.07, 6.45) is 0. The fourth-order valence-corrected chi connectivity index (χ4v) is 2.57. The first-order valence-electron chi connectivity index (χ1n) is 5.56. The minimum Gasteiger partial charge on any atom is -0.506 e. The van der Waals surface area contributed by atoms with Crippen molar-refractivity contribution in [3.8, 4) is 5.75 Å². The van der Waals surface area contributed by atoms with Crippen molar-refractivity contribution in [3.05, 3.63) is 28.8 Å². The van der Waals surface area contributed by atoms with E-state index in [2.05, 4.69) is 15.9 Å². The van der Waals surface area contributed by atoms with Crippen LogP contribution in [0.15, 0.2) is 18.2 Å². The molecule has 0 bridgehead atoms. The first-order valence-corrected chi connectivity index (χ1v) is 7.06. The zero-order chi connectivity index (χ0) is 13.1. The highest BCUT2D eigenvalue weighted by atomic mass is 79.9. The normalized spacial score (nSPS) is 19.9. The van der Waals surface area contributed by atoms with E-state index in [0.717, 1.165) is 0 Å². The monoisotopic (exact) mass is 333 g/mol.